The second-order valence-electron chi connectivity index (χ2n) is 5.72. The molecule has 2 aromatic carbocycles. The molecule has 26 heavy (non-hydrogen) atoms. The molecule has 0 saturated heterocycles. The minimum Gasteiger partial charge on any atom is -0.508 e. The van der Waals surface area contributed by atoms with Gasteiger partial charge in [-0.25, -0.2) is 0 Å². The summed E-state index contributed by atoms with van der Waals surface area (Å²) in [6.45, 7) is 3.35. The van der Waals surface area contributed by atoms with Gasteiger partial charge in [0.05, 0.1) is 0 Å². The number of phenols is 2. The van der Waals surface area contributed by atoms with Gasteiger partial charge in [-0.15, -0.1) is 0 Å². The van der Waals surface area contributed by atoms with Crippen LogP contribution in [0, 0.1) is 0 Å². The molecule has 0 bridgehead atoms. The Morgan fingerprint density at radius 3 is 1.50 bits per heavy atom. The zero-order chi connectivity index (χ0) is 19.1. The minimum absolute atomic E-state index is 0.0224. The Bertz CT molecular complexity index is 729. The summed E-state index contributed by atoms with van der Waals surface area (Å²) in [5.41, 5.74) is 2.51. The summed E-state index contributed by atoms with van der Waals surface area (Å²) < 4.78 is 10.1. The molecule has 0 fully saturated rings. The molecule has 138 valence electrons. The molecule has 0 atom stereocenters. The third-order valence-electron chi connectivity index (χ3n) is 3.85. The largest absolute Gasteiger partial charge is 0.508 e. The molecular weight excluding hydrogens is 336 g/mol. The maximum atomic E-state index is 11.3. The number of esters is 2. The molecule has 2 aromatic rings. The van der Waals surface area contributed by atoms with E-state index in [2.05, 4.69) is 0 Å². The van der Waals surface area contributed by atoms with Crippen molar-refractivity contribution < 1.29 is 29.3 Å². The third-order valence-corrected chi connectivity index (χ3v) is 3.85. The fourth-order valence-corrected chi connectivity index (χ4v) is 2.28. The van der Waals surface area contributed by atoms with Crippen LogP contribution in [0.1, 0.15) is 37.8 Å². The highest BCUT2D eigenvalue weighted by atomic mass is 16.5. The molecular formula is C20H22O6. The summed E-state index contributed by atoms with van der Waals surface area (Å²) in [6.07, 6.45) is 0.524. The van der Waals surface area contributed by atoms with Crippen molar-refractivity contribution in [3.05, 3.63) is 47.5 Å². The van der Waals surface area contributed by atoms with Crippen molar-refractivity contribution in [1.82, 2.24) is 0 Å². The molecule has 2 N–H and O–H groups in total. The normalized spacial score (nSPS) is 10.4. The summed E-state index contributed by atoms with van der Waals surface area (Å²) in [4.78, 5) is 22.6. The van der Waals surface area contributed by atoms with E-state index < -0.39 is 0 Å². The monoisotopic (exact) mass is 358 g/mol. The Balaban J connectivity index is 2.24. The van der Waals surface area contributed by atoms with E-state index in [9.17, 15) is 19.8 Å². The van der Waals surface area contributed by atoms with Crippen LogP contribution in [0.4, 0.5) is 0 Å². The molecule has 2 rings (SSSR count). The number of hydrogen-bond acceptors (Lipinski definition) is 6. The summed E-state index contributed by atoms with van der Waals surface area (Å²) in [5, 5.41) is 19.9. The third kappa shape index (κ3) is 4.99. The summed E-state index contributed by atoms with van der Waals surface area (Å²) in [6, 6.07) is 9.91. The van der Waals surface area contributed by atoms with Crippen molar-refractivity contribution in [2.24, 2.45) is 0 Å². The zero-order valence-electron chi connectivity index (χ0n) is 14.8. The van der Waals surface area contributed by atoms with Crippen LogP contribution in [0.5, 0.6) is 11.5 Å². The topological polar surface area (TPSA) is 93.1 Å². The van der Waals surface area contributed by atoms with E-state index >= 15 is 0 Å². The van der Waals surface area contributed by atoms with E-state index in [0.717, 1.165) is 11.1 Å². The predicted molar refractivity (Wildman–Crippen MR) is 95.4 cm³/mol. The maximum Gasteiger partial charge on any atom is 0.305 e. The van der Waals surface area contributed by atoms with Gasteiger partial charge in [-0.3, -0.25) is 9.59 Å². The zero-order valence-corrected chi connectivity index (χ0v) is 14.8. The van der Waals surface area contributed by atoms with Crippen molar-refractivity contribution in [1.29, 1.82) is 0 Å². The number of ether oxygens (including phenoxy) is 2. The molecule has 0 heterocycles. The van der Waals surface area contributed by atoms with E-state index in [1.807, 2.05) is 0 Å². The Labute approximate surface area is 152 Å². The van der Waals surface area contributed by atoms with E-state index in [0.29, 0.717) is 11.1 Å². The fraction of sp³-hybridized carbons (Fsp3) is 0.300. The molecule has 0 saturated carbocycles. The number of phenolic OH excluding ortho intramolecular Hbond substituents is 2. The van der Waals surface area contributed by atoms with E-state index in [-0.39, 0.29) is 49.5 Å². The van der Waals surface area contributed by atoms with Crippen LogP contribution in [-0.2, 0) is 32.3 Å². The first kappa shape index (κ1) is 19.3. The van der Waals surface area contributed by atoms with Crippen molar-refractivity contribution >= 4 is 11.9 Å². The lowest BCUT2D eigenvalue weighted by Gasteiger charge is -2.11. The van der Waals surface area contributed by atoms with Gasteiger partial charge in [0.25, 0.3) is 0 Å². The molecule has 0 radical (unpaired) electrons. The van der Waals surface area contributed by atoms with Crippen molar-refractivity contribution in [3.63, 3.8) is 0 Å². The highest BCUT2D eigenvalue weighted by molar-refractivity contribution is 5.71. The number of carbonyl (C=O) groups is 2. The highest BCUT2D eigenvalue weighted by Gasteiger charge is 2.10. The molecule has 0 aliphatic rings. The van der Waals surface area contributed by atoms with Crippen LogP contribution in [0.2, 0.25) is 0 Å². The Hall–Kier alpha value is -3.02. The number of hydrogen-bond donors (Lipinski definition) is 2. The van der Waals surface area contributed by atoms with Gasteiger partial charge in [0.15, 0.2) is 0 Å². The number of carbonyl (C=O) groups excluding carboxylic acids is 2. The first-order valence-corrected chi connectivity index (χ1v) is 8.40. The second-order valence-corrected chi connectivity index (χ2v) is 5.72. The van der Waals surface area contributed by atoms with Crippen LogP contribution >= 0.6 is 0 Å². The SMILES string of the molecule is CCC(=O)OCc1cc(-c2ccc(O)c(COC(=O)CC)c2)ccc1O. The lowest BCUT2D eigenvalue weighted by molar-refractivity contribution is -0.145. The maximum absolute atomic E-state index is 11.3. The van der Waals surface area contributed by atoms with Gasteiger partial charge in [-0.2, -0.15) is 0 Å². The van der Waals surface area contributed by atoms with Gasteiger partial charge in [-0.05, 0) is 35.4 Å². The van der Waals surface area contributed by atoms with E-state index in [1.165, 1.54) is 12.1 Å². The summed E-state index contributed by atoms with van der Waals surface area (Å²) in [5.74, 6) is -0.624. The van der Waals surface area contributed by atoms with Crippen LogP contribution in [0.15, 0.2) is 36.4 Å². The molecule has 0 aromatic heterocycles. The van der Waals surface area contributed by atoms with Crippen molar-refractivity contribution in [2.45, 2.75) is 39.9 Å². The van der Waals surface area contributed by atoms with Crippen LogP contribution < -0.4 is 0 Å². The van der Waals surface area contributed by atoms with Gasteiger partial charge < -0.3 is 19.7 Å². The van der Waals surface area contributed by atoms with Gasteiger partial charge in [0, 0.05) is 24.0 Å². The quantitative estimate of drug-likeness (QED) is 0.734. The van der Waals surface area contributed by atoms with Crippen LogP contribution in [0.25, 0.3) is 11.1 Å². The first-order chi connectivity index (χ1) is 12.4. The summed E-state index contributed by atoms with van der Waals surface area (Å²) in [7, 11) is 0. The van der Waals surface area contributed by atoms with Crippen LogP contribution in [-0.4, -0.2) is 22.2 Å². The average Bonchev–Trinajstić information content (AvgIpc) is 2.66. The average molecular weight is 358 g/mol. The fourth-order valence-electron chi connectivity index (χ4n) is 2.28. The van der Waals surface area contributed by atoms with Gasteiger partial charge in [0.2, 0.25) is 0 Å². The smallest absolute Gasteiger partial charge is 0.305 e. The van der Waals surface area contributed by atoms with Gasteiger partial charge in [-0.1, -0.05) is 26.0 Å². The lowest BCUT2D eigenvalue weighted by atomic mass is 10.0. The van der Waals surface area contributed by atoms with Crippen molar-refractivity contribution in [2.75, 3.05) is 0 Å². The highest BCUT2D eigenvalue weighted by Crippen LogP contribution is 2.30. The number of rotatable bonds is 7. The van der Waals surface area contributed by atoms with E-state index in [4.69, 9.17) is 9.47 Å². The molecule has 0 amide bonds. The van der Waals surface area contributed by atoms with Gasteiger partial charge >= 0.3 is 11.9 Å². The second kappa shape index (κ2) is 8.89. The van der Waals surface area contributed by atoms with E-state index in [1.54, 1.807) is 38.1 Å². The number of benzene rings is 2. The Kier molecular flexibility index (Phi) is 6.60. The summed E-state index contributed by atoms with van der Waals surface area (Å²) >= 11 is 0. The number of aromatic hydroxyl groups is 2. The standard InChI is InChI=1S/C20H22O6/c1-3-19(23)25-11-15-9-13(5-7-17(15)21)14-6-8-18(22)16(10-14)12-26-20(24)4-2/h5-10,21-22H,3-4,11-12H2,1-2H3. The molecule has 0 spiro atoms. The molecule has 0 unspecified atom stereocenters. The minimum atomic E-state index is -0.348. The molecule has 0 aliphatic carbocycles. The first-order valence-electron chi connectivity index (χ1n) is 8.40. The lowest BCUT2D eigenvalue weighted by Crippen LogP contribution is -2.03. The molecule has 6 nitrogen and oxygen atoms in total. The predicted octanol–water partition coefficient (Wildman–Crippen LogP) is 3.67. The van der Waals surface area contributed by atoms with Crippen molar-refractivity contribution in [3.8, 4) is 22.6 Å². The Morgan fingerprint density at radius 1 is 0.769 bits per heavy atom. The Morgan fingerprint density at radius 2 is 1.15 bits per heavy atom. The molecule has 0 aliphatic heterocycles. The van der Waals surface area contributed by atoms with Crippen LogP contribution in [0.3, 0.4) is 0 Å². The molecule has 6 heteroatoms. The van der Waals surface area contributed by atoms with Gasteiger partial charge in [0.1, 0.15) is 24.7 Å².